The first kappa shape index (κ1) is 14.8. The fourth-order valence-corrected chi connectivity index (χ4v) is 4.84. The largest absolute Gasteiger partial charge is 0.259 e. The van der Waals surface area contributed by atoms with Gasteiger partial charge in [0.2, 0.25) is 0 Å². The standard InChI is InChI=1S/C15H13N5S3/c1-9-5-10(2)20-14(16-9)18-19-15(20)23-8-12-7-22-13(17-12)11-3-4-21-6-11/h3-7H,8H2,1-2H3. The molecule has 0 spiro atoms. The molecule has 4 rings (SSSR count). The molecule has 4 aromatic heterocycles. The summed E-state index contributed by atoms with van der Waals surface area (Å²) in [6.07, 6.45) is 0. The van der Waals surface area contributed by atoms with Crippen molar-refractivity contribution < 1.29 is 0 Å². The average molecular weight is 360 g/mol. The van der Waals surface area contributed by atoms with E-state index in [1.807, 2.05) is 24.3 Å². The quantitative estimate of drug-likeness (QED) is 0.511. The van der Waals surface area contributed by atoms with Gasteiger partial charge in [-0.15, -0.1) is 21.5 Å². The van der Waals surface area contributed by atoms with Gasteiger partial charge < -0.3 is 0 Å². The van der Waals surface area contributed by atoms with E-state index < -0.39 is 0 Å². The highest BCUT2D eigenvalue weighted by atomic mass is 32.2. The summed E-state index contributed by atoms with van der Waals surface area (Å²) < 4.78 is 1.99. The fourth-order valence-electron chi connectivity index (χ4n) is 2.32. The van der Waals surface area contributed by atoms with E-state index in [2.05, 4.69) is 37.4 Å². The average Bonchev–Trinajstić information content (AvgIpc) is 3.25. The molecule has 5 nitrogen and oxygen atoms in total. The van der Waals surface area contributed by atoms with Crippen LogP contribution in [0.15, 0.2) is 33.4 Å². The minimum Gasteiger partial charge on any atom is -0.259 e. The molecule has 116 valence electrons. The highest BCUT2D eigenvalue weighted by Crippen LogP contribution is 2.28. The Kier molecular flexibility index (Phi) is 3.88. The molecule has 0 aliphatic rings. The summed E-state index contributed by atoms with van der Waals surface area (Å²) in [7, 11) is 0. The van der Waals surface area contributed by atoms with Gasteiger partial charge in [0, 0.05) is 33.5 Å². The SMILES string of the molecule is Cc1cc(C)n2c(SCc3csc(-c4ccsc4)n3)nnc2n1. The molecule has 0 saturated carbocycles. The van der Waals surface area contributed by atoms with Gasteiger partial charge in [0.25, 0.3) is 5.78 Å². The van der Waals surface area contributed by atoms with E-state index in [4.69, 9.17) is 4.98 Å². The predicted molar refractivity (Wildman–Crippen MR) is 95.2 cm³/mol. The Balaban J connectivity index is 1.56. The zero-order valence-corrected chi connectivity index (χ0v) is 15.0. The zero-order chi connectivity index (χ0) is 15.8. The van der Waals surface area contributed by atoms with Crippen LogP contribution in [-0.2, 0) is 5.75 Å². The first-order chi connectivity index (χ1) is 11.2. The third kappa shape index (κ3) is 2.89. The van der Waals surface area contributed by atoms with E-state index in [-0.39, 0.29) is 0 Å². The maximum Gasteiger partial charge on any atom is 0.256 e. The summed E-state index contributed by atoms with van der Waals surface area (Å²) in [6.45, 7) is 4.02. The Labute approximate surface area is 145 Å². The number of nitrogens with zero attached hydrogens (tertiary/aromatic N) is 5. The van der Waals surface area contributed by atoms with Gasteiger partial charge in [-0.25, -0.2) is 9.97 Å². The zero-order valence-electron chi connectivity index (χ0n) is 12.6. The van der Waals surface area contributed by atoms with Crippen molar-refractivity contribution in [1.29, 1.82) is 0 Å². The highest BCUT2D eigenvalue weighted by molar-refractivity contribution is 7.98. The lowest BCUT2D eigenvalue weighted by molar-refractivity contribution is 0.885. The maximum atomic E-state index is 4.70. The van der Waals surface area contributed by atoms with Crippen LogP contribution < -0.4 is 0 Å². The molecule has 0 saturated heterocycles. The molecule has 0 bridgehead atoms. The molecular formula is C15H13N5S3. The van der Waals surface area contributed by atoms with E-state index >= 15 is 0 Å². The molecular weight excluding hydrogens is 346 g/mol. The summed E-state index contributed by atoms with van der Waals surface area (Å²) in [5.74, 6) is 1.43. The van der Waals surface area contributed by atoms with E-state index in [0.717, 1.165) is 33.0 Å². The number of thioether (sulfide) groups is 1. The first-order valence-electron chi connectivity index (χ1n) is 7.00. The number of hydrogen-bond donors (Lipinski definition) is 0. The molecule has 0 aliphatic carbocycles. The van der Waals surface area contributed by atoms with E-state index in [1.54, 1.807) is 34.4 Å². The number of aryl methyl sites for hydroxylation is 2. The van der Waals surface area contributed by atoms with Gasteiger partial charge in [0.15, 0.2) is 5.16 Å². The second kappa shape index (κ2) is 6.03. The predicted octanol–water partition coefficient (Wildman–Crippen LogP) is 4.22. The Morgan fingerprint density at radius 1 is 1.17 bits per heavy atom. The molecule has 0 aromatic carbocycles. The molecule has 8 heteroatoms. The summed E-state index contributed by atoms with van der Waals surface area (Å²) in [4.78, 5) is 9.11. The summed E-state index contributed by atoms with van der Waals surface area (Å²) in [6, 6.07) is 4.14. The Morgan fingerprint density at radius 3 is 2.91 bits per heavy atom. The fraction of sp³-hybridized carbons (Fsp3) is 0.200. The van der Waals surface area contributed by atoms with Crippen molar-refractivity contribution >= 4 is 40.2 Å². The van der Waals surface area contributed by atoms with Crippen LogP contribution in [-0.4, -0.2) is 24.6 Å². The van der Waals surface area contributed by atoms with E-state index in [0.29, 0.717) is 5.78 Å². The van der Waals surface area contributed by atoms with Crippen molar-refractivity contribution in [3.8, 4) is 10.6 Å². The lowest BCUT2D eigenvalue weighted by atomic mass is 10.3. The van der Waals surface area contributed by atoms with E-state index in [9.17, 15) is 0 Å². The number of aromatic nitrogens is 5. The van der Waals surface area contributed by atoms with Crippen molar-refractivity contribution in [3.05, 3.63) is 45.4 Å². The van der Waals surface area contributed by atoms with Crippen molar-refractivity contribution in [2.45, 2.75) is 24.8 Å². The third-order valence-electron chi connectivity index (χ3n) is 3.33. The van der Waals surface area contributed by atoms with Crippen LogP contribution in [0.2, 0.25) is 0 Å². The van der Waals surface area contributed by atoms with Gasteiger partial charge in [-0.1, -0.05) is 11.8 Å². The van der Waals surface area contributed by atoms with Crippen molar-refractivity contribution in [3.63, 3.8) is 0 Å². The van der Waals surface area contributed by atoms with E-state index in [1.165, 1.54) is 5.56 Å². The normalized spacial score (nSPS) is 11.4. The van der Waals surface area contributed by atoms with Gasteiger partial charge in [0.1, 0.15) is 5.01 Å². The third-order valence-corrected chi connectivity index (χ3v) is 5.92. The first-order valence-corrected chi connectivity index (χ1v) is 9.80. The minimum atomic E-state index is 0.655. The summed E-state index contributed by atoms with van der Waals surface area (Å²) >= 11 is 5.01. The lowest BCUT2D eigenvalue weighted by Crippen LogP contribution is -1.97. The van der Waals surface area contributed by atoms with Gasteiger partial charge in [-0.05, 0) is 31.4 Å². The van der Waals surface area contributed by atoms with Gasteiger partial charge in [0.05, 0.1) is 5.69 Å². The van der Waals surface area contributed by atoms with Crippen LogP contribution in [0.5, 0.6) is 0 Å². The molecule has 0 fully saturated rings. The highest BCUT2D eigenvalue weighted by Gasteiger charge is 2.12. The number of thiophene rings is 1. The van der Waals surface area contributed by atoms with Gasteiger partial charge in [-0.2, -0.15) is 11.3 Å². The molecule has 0 radical (unpaired) electrons. The summed E-state index contributed by atoms with van der Waals surface area (Å²) in [5, 5.41) is 16.7. The second-order valence-electron chi connectivity index (χ2n) is 5.10. The monoisotopic (exact) mass is 359 g/mol. The Hall–Kier alpha value is -1.77. The second-order valence-corrected chi connectivity index (χ2v) is 7.68. The number of rotatable bonds is 4. The molecule has 4 aromatic rings. The van der Waals surface area contributed by atoms with Gasteiger partial charge >= 0.3 is 0 Å². The molecule has 23 heavy (non-hydrogen) atoms. The van der Waals surface area contributed by atoms with Crippen LogP contribution in [0.1, 0.15) is 17.1 Å². The number of thiazole rings is 1. The smallest absolute Gasteiger partial charge is 0.256 e. The van der Waals surface area contributed by atoms with Crippen molar-refractivity contribution in [2.75, 3.05) is 0 Å². The van der Waals surface area contributed by atoms with Crippen LogP contribution in [0, 0.1) is 13.8 Å². The lowest BCUT2D eigenvalue weighted by Gasteiger charge is -2.03. The Bertz CT molecular complexity index is 955. The van der Waals surface area contributed by atoms with Crippen molar-refractivity contribution in [2.24, 2.45) is 0 Å². The summed E-state index contributed by atoms with van der Waals surface area (Å²) in [5.41, 5.74) is 4.31. The van der Waals surface area contributed by atoms with Crippen molar-refractivity contribution in [1.82, 2.24) is 24.6 Å². The minimum absolute atomic E-state index is 0.655. The van der Waals surface area contributed by atoms with Crippen LogP contribution in [0.4, 0.5) is 0 Å². The maximum absolute atomic E-state index is 4.70. The molecule has 0 N–H and O–H groups in total. The molecule has 0 amide bonds. The number of hydrogen-bond acceptors (Lipinski definition) is 7. The van der Waals surface area contributed by atoms with Crippen LogP contribution in [0.25, 0.3) is 16.3 Å². The topological polar surface area (TPSA) is 56.0 Å². The molecule has 4 heterocycles. The number of fused-ring (bicyclic) bond motifs is 1. The van der Waals surface area contributed by atoms with Gasteiger partial charge in [-0.3, -0.25) is 4.40 Å². The Morgan fingerprint density at radius 2 is 2.09 bits per heavy atom. The van der Waals surface area contributed by atoms with Crippen LogP contribution >= 0.6 is 34.4 Å². The van der Waals surface area contributed by atoms with Crippen LogP contribution in [0.3, 0.4) is 0 Å². The molecule has 0 atom stereocenters. The molecule has 0 aliphatic heterocycles. The molecule has 0 unspecified atom stereocenters.